The Kier molecular flexibility index (Phi) is 11.5. The van der Waals surface area contributed by atoms with Crippen LogP contribution in [0.25, 0.3) is 0 Å². The molecule has 1 aromatic carbocycles. The van der Waals surface area contributed by atoms with Crippen molar-refractivity contribution in [2.75, 3.05) is 0 Å². The topological polar surface area (TPSA) is 37.3 Å². The van der Waals surface area contributed by atoms with Crippen LogP contribution in [0.4, 0.5) is 0 Å². The summed E-state index contributed by atoms with van der Waals surface area (Å²) in [7, 11) is 0. The molecule has 0 amide bonds. The average Bonchev–Trinajstić information content (AvgIpc) is 2.03. The van der Waals surface area contributed by atoms with Crippen LogP contribution < -0.4 is 0 Å². The fourth-order valence-corrected chi connectivity index (χ4v) is 0.896. The van der Waals surface area contributed by atoms with Gasteiger partial charge in [0.25, 0.3) is 0 Å². The van der Waals surface area contributed by atoms with E-state index < -0.39 is 5.97 Å². The Labute approximate surface area is 122 Å². The van der Waals surface area contributed by atoms with Crippen molar-refractivity contribution in [2.24, 2.45) is 0 Å². The number of aliphatic carboxylic acids is 1. The Balaban J connectivity index is 0. The standard InChI is InChI=1S/C9H10O2.2Na.2H/c10-9(11)7-6-8-4-2-1-3-5-8;;;;/h1-5H,6-7H2,(H,10,11);;;;. The van der Waals surface area contributed by atoms with E-state index in [4.69, 9.17) is 5.11 Å². The number of hydrogen-bond acceptors (Lipinski definition) is 1. The Bertz CT molecular complexity index is 237. The van der Waals surface area contributed by atoms with Crippen molar-refractivity contribution in [3.05, 3.63) is 35.9 Å². The molecule has 0 bridgehead atoms. The summed E-state index contributed by atoms with van der Waals surface area (Å²) in [6, 6.07) is 9.62. The predicted molar refractivity (Wildman–Crippen MR) is 56.7 cm³/mol. The molecule has 0 atom stereocenters. The van der Waals surface area contributed by atoms with Gasteiger partial charge in [0.05, 0.1) is 0 Å². The van der Waals surface area contributed by atoms with Gasteiger partial charge in [-0.1, -0.05) is 30.3 Å². The minimum absolute atomic E-state index is 0. The summed E-state index contributed by atoms with van der Waals surface area (Å²) < 4.78 is 0. The molecule has 0 saturated heterocycles. The second-order valence-corrected chi connectivity index (χ2v) is 2.38. The van der Waals surface area contributed by atoms with Crippen molar-refractivity contribution in [3.63, 3.8) is 0 Å². The minimum atomic E-state index is -0.742. The quantitative estimate of drug-likeness (QED) is 0.714. The van der Waals surface area contributed by atoms with Crippen LogP contribution in [0.2, 0.25) is 0 Å². The molecule has 0 unspecified atom stereocenters. The maximum atomic E-state index is 10.2. The van der Waals surface area contributed by atoms with Crippen molar-refractivity contribution >= 4 is 65.1 Å². The third kappa shape index (κ3) is 7.74. The zero-order valence-electron chi connectivity index (χ0n) is 6.16. The fourth-order valence-electron chi connectivity index (χ4n) is 0.896. The first-order valence-corrected chi connectivity index (χ1v) is 3.55. The normalized spacial score (nSPS) is 8.00. The molecule has 0 radical (unpaired) electrons. The number of benzene rings is 1. The van der Waals surface area contributed by atoms with Crippen molar-refractivity contribution in [1.82, 2.24) is 0 Å². The van der Waals surface area contributed by atoms with Gasteiger partial charge in [0.15, 0.2) is 0 Å². The molecule has 4 heteroatoms. The van der Waals surface area contributed by atoms with E-state index >= 15 is 0 Å². The molecule has 0 fully saturated rings. The van der Waals surface area contributed by atoms with Gasteiger partial charge in [-0.25, -0.2) is 0 Å². The van der Waals surface area contributed by atoms with Crippen molar-refractivity contribution < 1.29 is 9.90 Å². The molecule has 1 rings (SSSR count). The van der Waals surface area contributed by atoms with Gasteiger partial charge in [0.2, 0.25) is 0 Å². The van der Waals surface area contributed by atoms with Crippen LogP contribution in [0.1, 0.15) is 12.0 Å². The summed E-state index contributed by atoms with van der Waals surface area (Å²) in [5.41, 5.74) is 1.08. The van der Waals surface area contributed by atoms with Crippen molar-refractivity contribution in [2.45, 2.75) is 12.8 Å². The van der Waals surface area contributed by atoms with Gasteiger partial charge in [-0.3, -0.25) is 4.79 Å². The fraction of sp³-hybridized carbons (Fsp3) is 0.222. The molecule has 0 aromatic heterocycles. The SMILES string of the molecule is O=C(O)CCc1ccccc1.[NaH].[NaH]. The Hall–Kier alpha value is 0.690. The molecule has 1 N–H and O–H groups in total. The third-order valence-corrected chi connectivity index (χ3v) is 1.47. The molecule has 0 aliphatic heterocycles. The zero-order valence-corrected chi connectivity index (χ0v) is 6.16. The molecular formula is C9H12Na2O2. The molecule has 2 nitrogen and oxygen atoms in total. The van der Waals surface area contributed by atoms with Gasteiger partial charge in [-0.05, 0) is 12.0 Å². The molecule has 0 aliphatic carbocycles. The monoisotopic (exact) mass is 198 g/mol. The molecule has 0 aliphatic rings. The first-order valence-electron chi connectivity index (χ1n) is 3.55. The van der Waals surface area contributed by atoms with Gasteiger partial charge >= 0.3 is 65.1 Å². The van der Waals surface area contributed by atoms with Crippen LogP contribution in [0.15, 0.2) is 30.3 Å². The predicted octanol–water partition coefficient (Wildman–Crippen LogP) is 0.407. The Morgan fingerprint density at radius 1 is 1.15 bits per heavy atom. The number of hydrogen-bond donors (Lipinski definition) is 1. The summed E-state index contributed by atoms with van der Waals surface area (Å²) in [4.78, 5) is 10.2. The second kappa shape index (κ2) is 9.25. The molecule has 0 spiro atoms. The van der Waals surface area contributed by atoms with Crippen LogP contribution in [0.3, 0.4) is 0 Å². The van der Waals surface area contributed by atoms with Gasteiger partial charge < -0.3 is 5.11 Å². The Morgan fingerprint density at radius 3 is 2.15 bits per heavy atom. The second-order valence-electron chi connectivity index (χ2n) is 2.38. The summed E-state index contributed by atoms with van der Waals surface area (Å²) in [6.07, 6.45) is 0.834. The van der Waals surface area contributed by atoms with E-state index in [9.17, 15) is 4.79 Å². The molecular weight excluding hydrogens is 186 g/mol. The van der Waals surface area contributed by atoms with Gasteiger partial charge in [-0.2, -0.15) is 0 Å². The van der Waals surface area contributed by atoms with Crippen LogP contribution in [0, 0.1) is 0 Å². The summed E-state index contributed by atoms with van der Waals surface area (Å²) >= 11 is 0. The number of carboxylic acid groups (broad SMARTS) is 1. The van der Waals surface area contributed by atoms with Crippen LogP contribution >= 0.6 is 0 Å². The number of aryl methyl sites for hydroxylation is 1. The molecule has 1 aromatic rings. The van der Waals surface area contributed by atoms with E-state index in [1.165, 1.54) is 0 Å². The van der Waals surface area contributed by atoms with Gasteiger partial charge in [-0.15, -0.1) is 0 Å². The van der Waals surface area contributed by atoms with E-state index in [-0.39, 0.29) is 65.5 Å². The maximum absolute atomic E-state index is 10.2. The molecule has 0 saturated carbocycles. The summed E-state index contributed by atoms with van der Waals surface area (Å²) in [6.45, 7) is 0. The van der Waals surface area contributed by atoms with E-state index in [0.29, 0.717) is 6.42 Å². The van der Waals surface area contributed by atoms with Crippen molar-refractivity contribution in [1.29, 1.82) is 0 Å². The zero-order chi connectivity index (χ0) is 8.10. The van der Waals surface area contributed by atoms with E-state index in [0.717, 1.165) is 5.56 Å². The molecule has 0 heterocycles. The summed E-state index contributed by atoms with van der Waals surface area (Å²) in [5.74, 6) is -0.742. The molecule has 13 heavy (non-hydrogen) atoms. The van der Waals surface area contributed by atoms with Gasteiger partial charge in [0, 0.05) is 6.42 Å². The number of carboxylic acids is 1. The number of rotatable bonds is 3. The first kappa shape index (κ1) is 16.1. The van der Waals surface area contributed by atoms with E-state index in [2.05, 4.69) is 0 Å². The van der Waals surface area contributed by atoms with E-state index in [1.807, 2.05) is 30.3 Å². The Morgan fingerprint density at radius 2 is 1.69 bits per heavy atom. The third-order valence-electron chi connectivity index (χ3n) is 1.47. The molecule has 62 valence electrons. The first-order chi connectivity index (χ1) is 5.29. The average molecular weight is 198 g/mol. The van der Waals surface area contributed by atoms with Crippen LogP contribution in [0.5, 0.6) is 0 Å². The number of carbonyl (C=O) groups is 1. The van der Waals surface area contributed by atoms with E-state index in [1.54, 1.807) is 0 Å². The van der Waals surface area contributed by atoms with Crippen LogP contribution in [-0.4, -0.2) is 70.2 Å². The van der Waals surface area contributed by atoms with Crippen molar-refractivity contribution in [3.8, 4) is 0 Å². The van der Waals surface area contributed by atoms with Crippen LogP contribution in [-0.2, 0) is 11.2 Å². The summed E-state index contributed by atoms with van der Waals surface area (Å²) in [5, 5.41) is 8.37. The van der Waals surface area contributed by atoms with Gasteiger partial charge in [0.1, 0.15) is 0 Å².